The molecule has 5 nitrogen and oxygen atoms in total. The molecule has 2 aromatic heterocycles. The van der Waals surface area contributed by atoms with Gasteiger partial charge in [-0.1, -0.05) is 29.3 Å². The lowest BCUT2D eigenvalue weighted by atomic mass is 10.2. The predicted octanol–water partition coefficient (Wildman–Crippen LogP) is 5.19. The standard InChI is InChI=1S/C22H19ClN4O/c1-15-5-11-19(12-6-15)27-22(26-13-3-4-14-26)20(16(2)25-27)21(28)24-18-9-7-17(23)8-10-18/h3-14H,1-2H3,(H,24,28). The van der Waals surface area contributed by atoms with Crippen LogP contribution in [-0.2, 0) is 0 Å². The van der Waals surface area contributed by atoms with Gasteiger partial charge in [0.2, 0.25) is 0 Å². The Morgan fingerprint density at radius 3 is 2.25 bits per heavy atom. The first-order valence-electron chi connectivity index (χ1n) is 8.90. The fourth-order valence-electron chi connectivity index (χ4n) is 3.09. The molecule has 0 spiro atoms. The third kappa shape index (κ3) is 3.44. The molecule has 4 rings (SSSR count). The van der Waals surface area contributed by atoms with E-state index >= 15 is 0 Å². The van der Waals surface area contributed by atoms with Gasteiger partial charge in [-0.15, -0.1) is 0 Å². The summed E-state index contributed by atoms with van der Waals surface area (Å²) in [6.45, 7) is 3.88. The Labute approximate surface area is 168 Å². The number of rotatable bonds is 4. The quantitative estimate of drug-likeness (QED) is 0.521. The highest BCUT2D eigenvalue weighted by Crippen LogP contribution is 2.25. The van der Waals surface area contributed by atoms with Crippen molar-refractivity contribution in [2.45, 2.75) is 13.8 Å². The molecule has 28 heavy (non-hydrogen) atoms. The summed E-state index contributed by atoms with van der Waals surface area (Å²) in [4.78, 5) is 13.1. The van der Waals surface area contributed by atoms with Crippen LogP contribution in [0.4, 0.5) is 5.69 Å². The van der Waals surface area contributed by atoms with Gasteiger partial charge in [-0.3, -0.25) is 4.79 Å². The molecule has 0 aliphatic rings. The zero-order valence-corrected chi connectivity index (χ0v) is 16.3. The number of anilines is 1. The van der Waals surface area contributed by atoms with Crippen molar-refractivity contribution >= 4 is 23.2 Å². The monoisotopic (exact) mass is 390 g/mol. The summed E-state index contributed by atoms with van der Waals surface area (Å²) in [5.74, 6) is 0.472. The molecule has 2 aromatic carbocycles. The van der Waals surface area contributed by atoms with Crippen LogP contribution in [0.5, 0.6) is 0 Å². The maximum Gasteiger partial charge on any atom is 0.261 e. The van der Waals surface area contributed by atoms with E-state index < -0.39 is 0 Å². The number of benzene rings is 2. The van der Waals surface area contributed by atoms with E-state index in [2.05, 4.69) is 10.4 Å². The highest BCUT2D eigenvalue weighted by molar-refractivity contribution is 6.30. The number of halogens is 1. The Hall–Kier alpha value is -3.31. The maximum atomic E-state index is 13.1. The van der Waals surface area contributed by atoms with E-state index in [1.165, 1.54) is 0 Å². The van der Waals surface area contributed by atoms with Crippen molar-refractivity contribution in [3.8, 4) is 11.5 Å². The van der Waals surface area contributed by atoms with Gasteiger partial charge in [0, 0.05) is 23.1 Å². The van der Waals surface area contributed by atoms with Crippen molar-refractivity contribution in [1.82, 2.24) is 14.3 Å². The number of hydrogen-bond acceptors (Lipinski definition) is 2. The molecule has 1 N–H and O–H groups in total. The molecule has 1 amide bonds. The van der Waals surface area contributed by atoms with E-state index in [9.17, 15) is 4.79 Å². The molecule has 4 aromatic rings. The van der Waals surface area contributed by atoms with Gasteiger partial charge in [0.1, 0.15) is 5.56 Å². The molecule has 0 saturated carbocycles. The lowest BCUT2D eigenvalue weighted by Crippen LogP contribution is -2.16. The van der Waals surface area contributed by atoms with Crippen LogP contribution in [0.2, 0.25) is 5.02 Å². The van der Waals surface area contributed by atoms with Crippen LogP contribution in [0.25, 0.3) is 11.5 Å². The second-order valence-corrected chi connectivity index (χ2v) is 7.02. The first-order chi connectivity index (χ1) is 13.5. The molecule has 6 heteroatoms. The number of nitrogens with zero attached hydrogens (tertiary/aromatic N) is 3. The SMILES string of the molecule is Cc1ccc(-n2nc(C)c(C(=O)Nc3ccc(Cl)cc3)c2-n2cccc2)cc1. The third-order valence-corrected chi connectivity index (χ3v) is 4.74. The van der Waals surface area contributed by atoms with Gasteiger partial charge in [0.25, 0.3) is 5.91 Å². The van der Waals surface area contributed by atoms with Gasteiger partial charge in [-0.2, -0.15) is 5.10 Å². The first kappa shape index (κ1) is 18.1. The van der Waals surface area contributed by atoms with Gasteiger partial charge in [0.05, 0.1) is 11.4 Å². The number of carbonyl (C=O) groups excluding carboxylic acids is 1. The Bertz CT molecular complexity index is 1110. The van der Waals surface area contributed by atoms with E-state index in [1.807, 2.05) is 67.2 Å². The molecular weight excluding hydrogens is 372 g/mol. The normalized spacial score (nSPS) is 10.8. The van der Waals surface area contributed by atoms with Gasteiger partial charge in [-0.05, 0) is 62.4 Å². The second kappa shape index (κ2) is 7.37. The second-order valence-electron chi connectivity index (χ2n) is 6.58. The molecule has 0 saturated heterocycles. The van der Waals surface area contributed by atoms with Crippen molar-refractivity contribution in [1.29, 1.82) is 0 Å². The minimum absolute atomic E-state index is 0.220. The first-order valence-corrected chi connectivity index (χ1v) is 9.27. The summed E-state index contributed by atoms with van der Waals surface area (Å²) < 4.78 is 3.70. The minimum Gasteiger partial charge on any atom is -0.322 e. The van der Waals surface area contributed by atoms with Crippen LogP contribution in [0.15, 0.2) is 73.1 Å². The third-order valence-electron chi connectivity index (χ3n) is 4.49. The van der Waals surface area contributed by atoms with Gasteiger partial charge < -0.3 is 9.88 Å². The maximum absolute atomic E-state index is 13.1. The van der Waals surface area contributed by atoms with Crippen LogP contribution in [0, 0.1) is 13.8 Å². The van der Waals surface area contributed by atoms with E-state index in [-0.39, 0.29) is 5.91 Å². The molecule has 0 unspecified atom stereocenters. The molecule has 0 aliphatic heterocycles. The summed E-state index contributed by atoms with van der Waals surface area (Å²) in [6, 6.07) is 18.9. The lowest BCUT2D eigenvalue weighted by Gasteiger charge is -2.11. The smallest absolute Gasteiger partial charge is 0.261 e. The highest BCUT2D eigenvalue weighted by Gasteiger charge is 2.23. The minimum atomic E-state index is -0.220. The summed E-state index contributed by atoms with van der Waals surface area (Å²) in [5.41, 5.74) is 3.90. The molecule has 0 aliphatic carbocycles. The summed E-state index contributed by atoms with van der Waals surface area (Å²) in [6.07, 6.45) is 3.81. The number of aromatic nitrogens is 3. The molecule has 0 atom stereocenters. The zero-order chi connectivity index (χ0) is 19.7. The number of hydrogen-bond donors (Lipinski definition) is 1. The van der Waals surface area contributed by atoms with Crippen molar-refractivity contribution in [2.24, 2.45) is 0 Å². The van der Waals surface area contributed by atoms with E-state index in [0.717, 1.165) is 11.3 Å². The van der Waals surface area contributed by atoms with Gasteiger partial charge >= 0.3 is 0 Å². The number of nitrogens with one attached hydrogen (secondary N) is 1. The van der Waals surface area contributed by atoms with Crippen LogP contribution in [0.1, 0.15) is 21.6 Å². The molecular formula is C22H19ClN4O. The van der Waals surface area contributed by atoms with E-state index in [4.69, 9.17) is 11.6 Å². The lowest BCUT2D eigenvalue weighted by molar-refractivity contribution is 0.102. The Balaban J connectivity index is 1.81. The Kier molecular flexibility index (Phi) is 4.75. The van der Waals surface area contributed by atoms with Crippen LogP contribution in [-0.4, -0.2) is 20.3 Å². The topological polar surface area (TPSA) is 51.9 Å². The average molecular weight is 391 g/mol. The van der Waals surface area contributed by atoms with Crippen molar-refractivity contribution in [3.05, 3.63) is 94.9 Å². The largest absolute Gasteiger partial charge is 0.322 e. The van der Waals surface area contributed by atoms with E-state index in [1.54, 1.807) is 28.9 Å². The molecule has 0 fully saturated rings. The van der Waals surface area contributed by atoms with Crippen molar-refractivity contribution in [2.75, 3.05) is 5.32 Å². The summed E-state index contributed by atoms with van der Waals surface area (Å²) >= 11 is 5.94. The number of amides is 1. The summed E-state index contributed by atoms with van der Waals surface area (Å²) in [7, 11) is 0. The zero-order valence-electron chi connectivity index (χ0n) is 15.6. The van der Waals surface area contributed by atoms with Crippen LogP contribution in [0.3, 0.4) is 0 Å². The average Bonchev–Trinajstić information content (AvgIpc) is 3.31. The van der Waals surface area contributed by atoms with Gasteiger partial charge in [-0.25, -0.2) is 4.68 Å². The molecule has 0 radical (unpaired) electrons. The van der Waals surface area contributed by atoms with E-state index in [0.29, 0.717) is 27.8 Å². The number of aryl methyl sites for hydroxylation is 2. The van der Waals surface area contributed by atoms with Gasteiger partial charge in [0.15, 0.2) is 5.82 Å². The summed E-state index contributed by atoms with van der Waals surface area (Å²) in [5, 5.41) is 8.22. The highest BCUT2D eigenvalue weighted by atomic mass is 35.5. The van der Waals surface area contributed by atoms with Crippen molar-refractivity contribution < 1.29 is 4.79 Å². The Morgan fingerprint density at radius 2 is 1.61 bits per heavy atom. The fourth-order valence-corrected chi connectivity index (χ4v) is 3.21. The number of carbonyl (C=O) groups is 1. The van der Waals surface area contributed by atoms with Crippen molar-refractivity contribution in [3.63, 3.8) is 0 Å². The van der Waals surface area contributed by atoms with Crippen LogP contribution < -0.4 is 5.32 Å². The fraction of sp³-hybridized carbons (Fsp3) is 0.0909. The molecule has 0 bridgehead atoms. The van der Waals surface area contributed by atoms with Crippen LogP contribution >= 0.6 is 11.6 Å². The Morgan fingerprint density at radius 1 is 0.964 bits per heavy atom. The molecule has 2 heterocycles. The predicted molar refractivity (Wildman–Crippen MR) is 112 cm³/mol. The molecule has 140 valence electrons.